The molecule has 2 aromatic carbocycles. The van der Waals surface area contributed by atoms with E-state index in [1.807, 2.05) is 0 Å². The summed E-state index contributed by atoms with van der Waals surface area (Å²) in [7, 11) is 0. The first-order chi connectivity index (χ1) is 14.2. The molecule has 0 atom stereocenters. The van der Waals surface area contributed by atoms with Gasteiger partial charge >= 0.3 is 6.18 Å². The van der Waals surface area contributed by atoms with Crippen molar-refractivity contribution in [1.29, 1.82) is 0 Å². The number of halogens is 5. The van der Waals surface area contributed by atoms with Gasteiger partial charge in [-0.15, -0.1) is 5.10 Å². The number of alkyl halides is 3. The Balaban J connectivity index is 1.80. The highest BCUT2D eigenvalue weighted by molar-refractivity contribution is 6.01. The summed E-state index contributed by atoms with van der Waals surface area (Å²) in [5, 5.41) is 5.78. The van der Waals surface area contributed by atoms with Crippen LogP contribution in [0.4, 0.5) is 27.6 Å². The lowest BCUT2D eigenvalue weighted by Crippen LogP contribution is -2.16. The second kappa shape index (κ2) is 7.17. The molecule has 0 unspecified atom stereocenters. The summed E-state index contributed by atoms with van der Waals surface area (Å²) in [4.78, 5) is 20.1. The summed E-state index contributed by atoms with van der Waals surface area (Å²) < 4.78 is 67.9. The first-order valence-electron chi connectivity index (χ1n) is 8.39. The molecular formula is C19H10F5N5O. The lowest BCUT2D eigenvalue weighted by Gasteiger charge is -2.10. The summed E-state index contributed by atoms with van der Waals surface area (Å²) >= 11 is 0. The van der Waals surface area contributed by atoms with Crippen LogP contribution in [-0.2, 0) is 6.18 Å². The minimum Gasteiger partial charge on any atom is -0.317 e. The molecular weight excluding hydrogens is 409 g/mol. The fourth-order valence-corrected chi connectivity index (χ4v) is 2.68. The monoisotopic (exact) mass is 419 g/mol. The van der Waals surface area contributed by atoms with Gasteiger partial charge < -0.3 is 5.32 Å². The highest BCUT2D eigenvalue weighted by atomic mass is 19.4. The van der Waals surface area contributed by atoms with Crippen molar-refractivity contribution in [2.75, 3.05) is 5.32 Å². The zero-order valence-electron chi connectivity index (χ0n) is 14.8. The van der Waals surface area contributed by atoms with E-state index in [0.29, 0.717) is 10.6 Å². The van der Waals surface area contributed by atoms with Crippen LogP contribution in [0.3, 0.4) is 0 Å². The van der Waals surface area contributed by atoms with Crippen LogP contribution in [-0.4, -0.2) is 25.5 Å². The lowest BCUT2D eigenvalue weighted by molar-refractivity contribution is -0.142. The average molecular weight is 419 g/mol. The number of anilines is 1. The maximum Gasteiger partial charge on any atom is 0.433 e. The molecule has 0 aliphatic heterocycles. The quantitative estimate of drug-likeness (QED) is 0.502. The average Bonchev–Trinajstić information content (AvgIpc) is 3.13. The number of carbonyl (C=O) groups is 1. The van der Waals surface area contributed by atoms with Crippen LogP contribution in [0, 0.1) is 11.6 Å². The number of para-hydroxylation sites is 1. The first kappa shape index (κ1) is 19.4. The molecule has 2 aromatic heterocycles. The summed E-state index contributed by atoms with van der Waals surface area (Å²) in [6.07, 6.45) is -4.84. The molecule has 1 N–H and O–H groups in total. The molecule has 0 aliphatic carbocycles. The Labute approximate surface area is 165 Å². The molecule has 4 aromatic rings. The Bertz CT molecular complexity index is 1250. The van der Waals surface area contributed by atoms with Gasteiger partial charge in [-0.25, -0.2) is 13.8 Å². The third-order valence-electron chi connectivity index (χ3n) is 4.07. The molecule has 30 heavy (non-hydrogen) atoms. The van der Waals surface area contributed by atoms with E-state index >= 15 is 0 Å². The topological polar surface area (TPSA) is 72.2 Å². The fraction of sp³-hybridized carbons (Fsp3) is 0.0526. The van der Waals surface area contributed by atoms with Crippen molar-refractivity contribution in [2.45, 2.75) is 6.18 Å². The molecule has 0 aliphatic rings. The minimum absolute atomic E-state index is 0.136. The highest BCUT2D eigenvalue weighted by Crippen LogP contribution is 2.32. The number of nitrogens with one attached hydrogen (secondary N) is 1. The predicted molar refractivity (Wildman–Crippen MR) is 95.5 cm³/mol. The Kier molecular flexibility index (Phi) is 4.65. The first-order valence-corrected chi connectivity index (χ1v) is 8.39. The normalized spacial score (nSPS) is 11.6. The standard InChI is InChI=1S/C19H10F5N5O/c20-11-7-5-10(6-8-11)14-9-15(19(22,23)24)29-18(26-14)27-16(28-29)17(30)25-13-4-2-1-3-12(13)21/h1-9H,(H,25,30). The van der Waals surface area contributed by atoms with E-state index in [2.05, 4.69) is 20.4 Å². The summed E-state index contributed by atoms with van der Waals surface area (Å²) in [5.41, 5.74) is -1.34. The Hall–Kier alpha value is -3.89. The zero-order chi connectivity index (χ0) is 21.5. The third kappa shape index (κ3) is 3.69. The van der Waals surface area contributed by atoms with Crippen LogP contribution in [0.1, 0.15) is 16.3 Å². The van der Waals surface area contributed by atoms with Gasteiger partial charge in [0.25, 0.3) is 11.7 Å². The van der Waals surface area contributed by atoms with E-state index in [1.165, 1.54) is 30.3 Å². The summed E-state index contributed by atoms with van der Waals surface area (Å²) in [6, 6.07) is 10.6. The van der Waals surface area contributed by atoms with Crippen LogP contribution in [0.15, 0.2) is 54.6 Å². The van der Waals surface area contributed by atoms with Crippen molar-refractivity contribution in [3.05, 3.63) is 77.8 Å². The van der Waals surface area contributed by atoms with Crippen molar-refractivity contribution in [3.8, 4) is 11.3 Å². The van der Waals surface area contributed by atoms with Gasteiger partial charge in [-0.3, -0.25) is 4.79 Å². The highest BCUT2D eigenvalue weighted by Gasteiger charge is 2.36. The van der Waals surface area contributed by atoms with E-state index in [9.17, 15) is 26.7 Å². The number of nitrogens with zero attached hydrogens (tertiary/aromatic N) is 4. The van der Waals surface area contributed by atoms with Gasteiger partial charge in [0, 0.05) is 5.56 Å². The Morgan fingerprint density at radius 1 is 0.967 bits per heavy atom. The van der Waals surface area contributed by atoms with Gasteiger partial charge in [-0.2, -0.15) is 22.7 Å². The summed E-state index contributed by atoms with van der Waals surface area (Å²) in [5.74, 6) is -3.44. The van der Waals surface area contributed by atoms with Gasteiger partial charge in [0.1, 0.15) is 11.6 Å². The van der Waals surface area contributed by atoms with Crippen molar-refractivity contribution in [1.82, 2.24) is 19.6 Å². The van der Waals surface area contributed by atoms with E-state index in [4.69, 9.17) is 0 Å². The smallest absolute Gasteiger partial charge is 0.317 e. The van der Waals surface area contributed by atoms with Crippen molar-refractivity contribution in [3.63, 3.8) is 0 Å². The van der Waals surface area contributed by atoms with Crippen LogP contribution in [0.5, 0.6) is 0 Å². The number of fused-ring (bicyclic) bond motifs is 1. The zero-order valence-corrected chi connectivity index (χ0v) is 14.8. The van der Waals surface area contributed by atoms with E-state index < -0.39 is 41.0 Å². The molecule has 2 heterocycles. The molecule has 11 heteroatoms. The van der Waals surface area contributed by atoms with Crippen LogP contribution >= 0.6 is 0 Å². The van der Waals surface area contributed by atoms with Gasteiger partial charge in [-0.05, 0) is 42.5 Å². The molecule has 152 valence electrons. The lowest BCUT2D eigenvalue weighted by atomic mass is 10.1. The van der Waals surface area contributed by atoms with E-state index in [-0.39, 0.29) is 16.9 Å². The van der Waals surface area contributed by atoms with Crippen LogP contribution < -0.4 is 5.32 Å². The molecule has 1 amide bonds. The van der Waals surface area contributed by atoms with Gasteiger partial charge in [0.15, 0.2) is 5.69 Å². The minimum atomic E-state index is -4.84. The number of carbonyl (C=O) groups excluding carboxylic acids is 1. The number of aromatic nitrogens is 4. The van der Waals surface area contributed by atoms with E-state index in [1.54, 1.807) is 0 Å². The fourth-order valence-electron chi connectivity index (χ4n) is 2.68. The molecule has 0 radical (unpaired) electrons. The Morgan fingerprint density at radius 3 is 2.33 bits per heavy atom. The number of hydrogen-bond acceptors (Lipinski definition) is 4. The number of amides is 1. The molecule has 0 saturated heterocycles. The summed E-state index contributed by atoms with van der Waals surface area (Å²) in [6.45, 7) is 0. The number of hydrogen-bond donors (Lipinski definition) is 1. The molecule has 0 bridgehead atoms. The third-order valence-corrected chi connectivity index (χ3v) is 4.07. The number of benzene rings is 2. The van der Waals surface area contributed by atoms with Gasteiger partial charge in [0.2, 0.25) is 5.82 Å². The molecule has 0 fully saturated rings. The Morgan fingerprint density at radius 2 is 1.67 bits per heavy atom. The molecule has 4 rings (SSSR count). The molecule has 0 saturated carbocycles. The van der Waals surface area contributed by atoms with E-state index in [0.717, 1.165) is 18.2 Å². The van der Waals surface area contributed by atoms with Crippen LogP contribution in [0.2, 0.25) is 0 Å². The number of rotatable bonds is 3. The SMILES string of the molecule is O=C(Nc1ccccc1F)c1nc2nc(-c3ccc(F)cc3)cc(C(F)(F)F)n2n1. The van der Waals surface area contributed by atoms with Crippen molar-refractivity contribution < 1.29 is 26.7 Å². The predicted octanol–water partition coefficient (Wildman–Crippen LogP) is 4.34. The van der Waals surface area contributed by atoms with Gasteiger partial charge in [-0.1, -0.05) is 12.1 Å². The van der Waals surface area contributed by atoms with Crippen molar-refractivity contribution in [2.24, 2.45) is 0 Å². The second-order valence-electron chi connectivity index (χ2n) is 6.11. The maximum absolute atomic E-state index is 13.7. The van der Waals surface area contributed by atoms with Gasteiger partial charge in [0.05, 0.1) is 11.4 Å². The van der Waals surface area contributed by atoms with Crippen molar-refractivity contribution >= 4 is 17.4 Å². The molecule has 0 spiro atoms. The molecule has 6 nitrogen and oxygen atoms in total. The largest absolute Gasteiger partial charge is 0.433 e. The second-order valence-corrected chi connectivity index (χ2v) is 6.11. The van der Waals surface area contributed by atoms with Crippen LogP contribution in [0.25, 0.3) is 17.0 Å². The maximum atomic E-state index is 13.7.